The van der Waals surface area contributed by atoms with Crippen LogP contribution in [0.1, 0.15) is 15.9 Å². The van der Waals surface area contributed by atoms with E-state index in [1.54, 1.807) is 6.07 Å². The van der Waals surface area contributed by atoms with Crippen molar-refractivity contribution in [1.29, 1.82) is 5.26 Å². The molecule has 0 heterocycles. The summed E-state index contributed by atoms with van der Waals surface area (Å²) in [6.45, 7) is 0. The number of carboxylic acids is 1. The van der Waals surface area contributed by atoms with Crippen LogP contribution in [0, 0.1) is 17.1 Å². The Hall–Kier alpha value is -2.87. The second-order valence-corrected chi connectivity index (χ2v) is 3.84. The number of hydrogen-bond acceptors (Lipinski definition) is 3. The lowest BCUT2D eigenvalue weighted by Crippen LogP contribution is -2.00. The van der Waals surface area contributed by atoms with Gasteiger partial charge >= 0.3 is 5.97 Å². The molecule has 0 saturated carbocycles. The molecule has 0 aliphatic heterocycles. The summed E-state index contributed by atoms with van der Waals surface area (Å²) in [5.74, 6) is -2.40. The van der Waals surface area contributed by atoms with Crippen LogP contribution in [0.3, 0.4) is 0 Å². The molecule has 0 radical (unpaired) electrons. The van der Waals surface area contributed by atoms with E-state index in [0.717, 1.165) is 12.1 Å². The van der Waals surface area contributed by atoms with E-state index >= 15 is 0 Å². The summed E-state index contributed by atoms with van der Waals surface area (Å²) >= 11 is 0. The van der Waals surface area contributed by atoms with Gasteiger partial charge in [0.2, 0.25) is 0 Å². The van der Waals surface area contributed by atoms with E-state index in [1.807, 2.05) is 6.07 Å². The van der Waals surface area contributed by atoms with Gasteiger partial charge in [-0.3, -0.25) is 0 Å². The largest absolute Gasteiger partial charge is 0.507 e. The molecule has 0 amide bonds. The monoisotopic (exact) mass is 257 g/mol. The summed E-state index contributed by atoms with van der Waals surface area (Å²) in [6.07, 6.45) is 0. The zero-order valence-corrected chi connectivity index (χ0v) is 9.59. The molecule has 0 aliphatic carbocycles. The maximum Gasteiger partial charge on any atom is 0.338 e. The lowest BCUT2D eigenvalue weighted by molar-refractivity contribution is 0.0692. The minimum Gasteiger partial charge on any atom is -0.507 e. The van der Waals surface area contributed by atoms with E-state index < -0.39 is 17.3 Å². The number of hydrogen-bond donors (Lipinski definition) is 2. The van der Waals surface area contributed by atoms with Crippen LogP contribution in [0.15, 0.2) is 36.4 Å². The number of carbonyl (C=O) groups is 1. The highest BCUT2D eigenvalue weighted by atomic mass is 19.1. The Morgan fingerprint density at radius 3 is 2.32 bits per heavy atom. The molecule has 2 aromatic rings. The molecule has 0 saturated heterocycles. The maximum atomic E-state index is 13.5. The van der Waals surface area contributed by atoms with Gasteiger partial charge in [-0.05, 0) is 35.4 Å². The second kappa shape index (κ2) is 4.78. The first-order valence-corrected chi connectivity index (χ1v) is 5.29. The van der Waals surface area contributed by atoms with Crippen molar-refractivity contribution in [1.82, 2.24) is 0 Å². The topological polar surface area (TPSA) is 81.3 Å². The molecule has 2 rings (SSSR count). The first-order chi connectivity index (χ1) is 9.02. The van der Waals surface area contributed by atoms with Crippen LogP contribution >= 0.6 is 0 Å². The smallest absolute Gasteiger partial charge is 0.338 e. The third-order valence-electron chi connectivity index (χ3n) is 2.65. The Balaban J connectivity index is 2.49. The van der Waals surface area contributed by atoms with Gasteiger partial charge in [-0.2, -0.15) is 5.26 Å². The molecule has 0 unspecified atom stereocenters. The van der Waals surface area contributed by atoms with Gasteiger partial charge in [0.15, 0.2) is 0 Å². The van der Waals surface area contributed by atoms with Gasteiger partial charge in [0.05, 0.1) is 11.1 Å². The van der Waals surface area contributed by atoms with Gasteiger partial charge in [0.25, 0.3) is 0 Å². The van der Waals surface area contributed by atoms with E-state index in [9.17, 15) is 14.3 Å². The van der Waals surface area contributed by atoms with E-state index in [0.29, 0.717) is 11.1 Å². The highest BCUT2D eigenvalue weighted by Crippen LogP contribution is 2.27. The number of nitrogens with zero attached hydrogens (tertiary/aromatic N) is 1. The molecule has 0 fully saturated rings. The third-order valence-corrected chi connectivity index (χ3v) is 2.65. The van der Waals surface area contributed by atoms with Crippen molar-refractivity contribution < 1.29 is 19.4 Å². The minimum absolute atomic E-state index is 0.117. The van der Waals surface area contributed by atoms with Crippen molar-refractivity contribution in [3.63, 3.8) is 0 Å². The van der Waals surface area contributed by atoms with Crippen LogP contribution in [0.4, 0.5) is 4.39 Å². The molecule has 0 spiro atoms. The van der Waals surface area contributed by atoms with Crippen LogP contribution in [-0.4, -0.2) is 16.2 Å². The molecule has 4 nitrogen and oxygen atoms in total. The Morgan fingerprint density at radius 1 is 1.16 bits per heavy atom. The first kappa shape index (κ1) is 12.6. The number of phenols is 1. The molecule has 2 aromatic carbocycles. The van der Waals surface area contributed by atoms with Crippen molar-refractivity contribution in [2.24, 2.45) is 0 Å². The normalized spacial score (nSPS) is 9.89. The molecule has 5 heteroatoms. The SMILES string of the molecule is N#Cc1ccc(-c2ccc(C(=O)O)c(F)c2)cc1O. The molecule has 2 N–H and O–H groups in total. The summed E-state index contributed by atoms with van der Waals surface area (Å²) < 4.78 is 13.5. The van der Waals surface area contributed by atoms with Gasteiger partial charge in [0.1, 0.15) is 17.6 Å². The molecule has 0 aliphatic rings. The van der Waals surface area contributed by atoms with Gasteiger partial charge in [-0.1, -0.05) is 12.1 Å². The van der Waals surface area contributed by atoms with E-state index in [2.05, 4.69) is 0 Å². The summed E-state index contributed by atoms with van der Waals surface area (Å²) in [5, 5.41) is 27.0. The lowest BCUT2D eigenvalue weighted by atomic mass is 10.0. The maximum absolute atomic E-state index is 13.5. The Kier molecular flexibility index (Phi) is 3.17. The fourth-order valence-electron chi connectivity index (χ4n) is 1.67. The molecular weight excluding hydrogens is 249 g/mol. The highest BCUT2D eigenvalue weighted by molar-refractivity contribution is 5.88. The zero-order valence-electron chi connectivity index (χ0n) is 9.59. The molecule has 19 heavy (non-hydrogen) atoms. The Morgan fingerprint density at radius 2 is 1.79 bits per heavy atom. The number of rotatable bonds is 2. The second-order valence-electron chi connectivity index (χ2n) is 3.84. The molecular formula is C14H8FNO3. The Bertz CT molecular complexity index is 704. The van der Waals surface area contributed by atoms with Gasteiger partial charge < -0.3 is 10.2 Å². The lowest BCUT2D eigenvalue weighted by Gasteiger charge is -2.05. The third kappa shape index (κ3) is 2.38. The molecule has 94 valence electrons. The zero-order chi connectivity index (χ0) is 14.0. The van der Waals surface area contributed by atoms with Crippen LogP contribution in [0.25, 0.3) is 11.1 Å². The number of phenolic OH excluding ortho intramolecular Hbond substituents is 1. The van der Waals surface area contributed by atoms with Crippen molar-refractivity contribution >= 4 is 5.97 Å². The Labute approximate surface area is 108 Å². The van der Waals surface area contributed by atoms with Crippen LogP contribution in [-0.2, 0) is 0 Å². The number of benzene rings is 2. The van der Waals surface area contributed by atoms with Crippen molar-refractivity contribution in [3.05, 3.63) is 53.3 Å². The van der Waals surface area contributed by atoms with E-state index in [-0.39, 0.29) is 11.3 Å². The van der Waals surface area contributed by atoms with E-state index in [4.69, 9.17) is 10.4 Å². The number of aromatic carboxylic acids is 1. The average molecular weight is 257 g/mol. The number of nitriles is 1. The molecule has 0 aromatic heterocycles. The standard InChI is InChI=1S/C14H8FNO3/c15-12-5-8(3-4-11(12)14(18)19)9-1-2-10(7-16)13(17)6-9/h1-6,17H,(H,18,19). The summed E-state index contributed by atoms with van der Waals surface area (Å²) in [5.41, 5.74) is 0.614. The fraction of sp³-hybridized carbons (Fsp3) is 0. The van der Waals surface area contributed by atoms with Crippen molar-refractivity contribution in [2.45, 2.75) is 0 Å². The predicted molar refractivity (Wildman–Crippen MR) is 65.2 cm³/mol. The summed E-state index contributed by atoms with van der Waals surface area (Å²) in [6, 6.07) is 9.76. The average Bonchev–Trinajstić information content (AvgIpc) is 2.38. The molecule has 0 atom stereocenters. The van der Waals surface area contributed by atoms with Gasteiger partial charge in [0, 0.05) is 0 Å². The van der Waals surface area contributed by atoms with Gasteiger partial charge in [-0.25, -0.2) is 9.18 Å². The quantitative estimate of drug-likeness (QED) is 0.866. The van der Waals surface area contributed by atoms with Crippen LogP contribution < -0.4 is 0 Å². The highest BCUT2D eigenvalue weighted by Gasteiger charge is 2.11. The minimum atomic E-state index is -1.34. The number of carboxylic acid groups (broad SMARTS) is 1. The summed E-state index contributed by atoms with van der Waals surface area (Å²) in [7, 11) is 0. The van der Waals surface area contributed by atoms with Crippen LogP contribution in [0.2, 0.25) is 0 Å². The summed E-state index contributed by atoms with van der Waals surface area (Å²) in [4.78, 5) is 10.7. The van der Waals surface area contributed by atoms with Crippen LogP contribution in [0.5, 0.6) is 5.75 Å². The first-order valence-electron chi connectivity index (χ1n) is 5.29. The number of aromatic hydroxyl groups is 1. The van der Waals surface area contributed by atoms with Gasteiger partial charge in [-0.15, -0.1) is 0 Å². The van der Waals surface area contributed by atoms with Crippen molar-refractivity contribution in [2.75, 3.05) is 0 Å². The fourth-order valence-corrected chi connectivity index (χ4v) is 1.67. The number of halogens is 1. The van der Waals surface area contributed by atoms with Crippen molar-refractivity contribution in [3.8, 4) is 22.9 Å². The predicted octanol–water partition coefficient (Wildman–Crippen LogP) is 2.77. The van der Waals surface area contributed by atoms with E-state index in [1.165, 1.54) is 18.2 Å². The molecule has 0 bridgehead atoms.